The zero-order valence-corrected chi connectivity index (χ0v) is 19.7. The lowest BCUT2D eigenvalue weighted by atomic mass is 10.1. The van der Waals surface area contributed by atoms with Crippen molar-refractivity contribution in [3.63, 3.8) is 0 Å². The molecule has 0 aliphatic heterocycles. The van der Waals surface area contributed by atoms with E-state index in [1.165, 1.54) is 0 Å². The summed E-state index contributed by atoms with van der Waals surface area (Å²) >= 11 is 0. The van der Waals surface area contributed by atoms with Crippen LogP contribution < -0.4 is 14.9 Å². The van der Waals surface area contributed by atoms with Gasteiger partial charge in [-0.05, 0) is 63.9 Å². The van der Waals surface area contributed by atoms with Crippen molar-refractivity contribution in [2.75, 3.05) is 15.9 Å². The first-order valence-corrected chi connectivity index (χ1v) is 12.0. The molecule has 2 N–H and O–H groups in total. The van der Waals surface area contributed by atoms with Crippen molar-refractivity contribution in [2.45, 2.75) is 52.6 Å². The minimum Gasteiger partial charge on any atom is -0.347 e. The van der Waals surface area contributed by atoms with Crippen molar-refractivity contribution in [3.05, 3.63) is 59.7 Å². The second kappa shape index (κ2) is 9.51. The summed E-state index contributed by atoms with van der Waals surface area (Å²) < 4.78 is 26.4. The lowest BCUT2D eigenvalue weighted by molar-refractivity contribution is -0.117. The van der Waals surface area contributed by atoms with Crippen LogP contribution in [0.15, 0.2) is 48.5 Å². The van der Waals surface area contributed by atoms with Crippen LogP contribution in [0.1, 0.15) is 50.0 Å². The zero-order chi connectivity index (χ0) is 23.4. The van der Waals surface area contributed by atoms with Gasteiger partial charge in [0.05, 0.1) is 23.2 Å². The Balaban J connectivity index is 2.40. The van der Waals surface area contributed by atoms with Gasteiger partial charge in [-0.1, -0.05) is 31.2 Å². The minimum absolute atomic E-state index is 0.253. The van der Waals surface area contributed by atoms with Gasteiger partial charge in [-0.15, -0.1) is 0 Å². The Morgan fingerprint density at radius 1 is 1.06 bits per heavy atom. The number of aryl methyl sites for hydroxylation is 1. The number of anilines is 2. The second-order valence-electron chi connectivity index (χ2n) is 8.56. The number of carbonyl (C=O) groups excluding carboxylic acids is 2. The topological polar surface area (TPSA) is 95.6 Å². The molecule has 1 atom stereocenters. The summed E-state index contributed by atoms with van der Waals surface area (Å²) in [4.78, 5) is 25.9. The molecule has 31 heavy (non-hydrogen) atoms. The van der Waals surface area contributed by atoms with Gasteiger partial charge in [0.15, 0.2) is 0 Å². The molecule has 0 aromatic heterocycles. The van der Waals surface area contributed by atoms with E-state index in [9.17, 15) is 18.0 Å². The first kappa shape index (κ1) is 24.4. The average Bonchev–Trinajstić information content (AvgIpc) is 2.63. The second-order valence-corrected chi connectivity index (χ2v) is 10.4. The number of nitrogens with zero attached hydrogens (tertiary/aromatic N) is 1. The maximum atomic E-state index is 13.2. The van der Waals surface area contributed by atoms with Gasteiger partial charge in [0.2, 0.25) is 15.9 Å². The summed E-state index contributed by atoms with van der Waals surface area (Å²) in [6, 6.07) is 12.7. The van der Waals surface area contributed by atoms with Crippen LogP contribution >= 0.6 is 0 Å². The summed E-state index contributed by atoms with van der Waals surface area (Å²) in [6.45, 7) is 9.20. The Morgan fingerprint density at radius 3 is 2.26 bits per heavy atom. The Morgan fingerprint density at radius 2 is 1.71 bits per heavy atom. The monoisotopic (exact) mass is 445 g/mol. The highest BCUT2D eigenvalue weighted by atomic mass is 32.2. The molecule has 8 heteroatoms. The van der Waals surface area contributed by atoms with Crippen LogP contribution in [0.5, 0.6) is 0 Å². The summed E-state index contributed by atoms with van der Waals surface area (Å²) in [7, 11) is -3.74. The lowest BCUT2D eigenvalue weighted by Crippen LogP contribution is -2.47. The number of hydrogen-bond acceptors (Lipinski definition) is 4. The molecule has 2 aromatic rings. The van der Waals surface area contributed by atoms with Crippen molar-refractivity contribution < 1.29 is 18.0 Å². The normalized spacial score (nSPS) is 12.7. The molecule has 0 unspecified atom stereocenters. The fourth-order valence-electron chi connectivity index (χ4n) is 3.24. The number of rotatable bonds is 7. The molecule has 0 aliphatic carbocycles. The van der Waals surface area contributed by atoms with Gasteiger partial charge in [-0.3, -0.25) is 13.9 Å². The van der Waals surface area contributed by atoms with Gasteiger partial charge in [-0.2, -0.15) is 0 Å². The maximum Gasteiger partial charge on any atom is 0.253 e. The number of benzene rings is 2. The number of amides is 2. The minimum atomic E-state index is -3.74. The predicted octanol–water partition coefficient (Wildman–Crippen LogP) is 3.71. The molecule has 0 spiro atoms. The molecule has 0 aliphatic rings. The smallest absolute Gasteiger partial charge is 0.253 e. The molecule has 0 bridgehead atoms. The number of nitrogens with one attached hydrogen (secondary N) is 2. The van der Waals surface area contributed by atoms with E-state index >= 15 is 0 Å². The molecule has 2 rings (SSSR count). The Bertz CT molecular complexity index is 1060. The fourth-order valence-corrected chi connectivity index (χ4v) is 4.44. The summed E-state index contributed by atoms with van der Waals surface area (Å²) in [5, 5.41) is 5.63. The standard InChI is InChI=1S/C23H31N3O4S/c1-7-20(26(31(6,29)30)17-12-10-11-16(2)15-17)22(28)24-19-14-9-8-13-18(19)21(27)25-23(3,4)5/h8-15,20H,7H2,1-6H3,(H,24,28)(H,25,27)/t20-/m1/s1. The number of hydrogen-bond donors (Lipinski definition) is 2. The molecule has 168 valence electrons. The quantitative estimate of drug-likeness (QED) is 0.679. The number of carbonyl (C=O) groups is 2. The maximum absolute atomic E-state index is 13.2. The van der Waals surface area contributed by atoms with E-state index in [-0.39, 0.29) is 12.3 Å². The molecule has 0 saturated heterocycles. The van der Waals surface area contributed by atoms with E-state index in [0.717, 1.165) is 16.1 Å². The highest BCUT2D eigenvalue weighted by Crippen LogP contribution is 2.25. The summed E-state index contributed by atoms with van der Waals surface area (Å²) in [5.41, 5.74) is 1.49. The Hall–Kier alpha value is -2.87. The third-order valence-corrected chi connectivity index (χ3v) is 5.68. The van der Waals surface area contributed by atoms with Crippen molar-refractivity contribution in [2.24, 2.45) is 0 Å². The molecular formula is C23H31N3O4S. The molecule has 0 fully saturated rings. The molecule has 2 amide bonds. The van der Waals surface area contributed by atoms with Gasteiger partial charge < -0.3 is 10.6 Å². The van der Waals surface area contributed by atoms with Gasteiger partial charge in [0, 0.05) is 5.54 Å². The molecule has 7 nitrogen and oxygen atoms in total. The summed E-state index contributed by atoms with van der Waals surface area (Å²) in [5.74, 6) is -0.833. The highest BCUT2D eigenvalue weighted by Gasteiger charge is 2.32. The lowest BCUT2D eigenvalue weighted by Gasteiger charge is -2.30. The highest BCUT2D eigenvalue weighted by molar-refractivity contribution is 7.92. The van der Waals surface area contributed by atoms with Crippen molar-refractivity contribution in [1.29, 1.82) is 0 Å². The largest absolute Gasteiger partial charge is 0.347 e. The van der Waals surface area contributed by atoms with Crippen LogP contribution in [0.2, 0.25) is 0 Å². The van der Waals surface area contributed by atoms with E-state index in [4.69, 9.17) is 0 Å². The van der Waals surface area contributed by atoms with Crippen LogP contribution in [-0.2, 0) is 14.8 Å². The average molecular weight is 446 g/mol. The van der Waals surface area contributed by atoms with Gasteiger partial charge in [0.1, 0.15) is 6.04 Å². The first-order chi connectivity index (χ1) is 14.3. The molecule has 0 saturated carbocycles. The first-order valence-electron chi connectivity index (χ1n) is 10.1. The predicted molar refractivity (Wildman–Crippen MR) is 125 cm³/mol. The van der Waals surface area contributed by atoms with Crippen LogP contribution in [0.4, 0.5) is 11.4 Å². The molecule has 0 heterocycles. The van der Waals surface area contributed by atoms with Crippen molar-refractivity contribution in [1.82, 2.24) is 5.32 Å². The van der Waals surface area contributed by atoms with Gasteiger partial charge in [0.25, 0.3) is 5.91 Å². The van der Waals surface area contributed by atoms with Crippen LogP contribution in [0.25, 0.3) is 0 Å². The molecule has 2 aromatic carbocycles. The fraction of sp³-hybridized carbons (Fsp3) is 0.391. The SMILES string of the molecule is CC[C@H](C(=O)Nc1ccccc1C(=O)NC(C)(C)C)N(c1cccc(C)c1)S(C)(=O)=O. The number of para-hydroxylation sites is 1. The van der Waals surface area contributed by atoms with Crippen LogP contribution in [0.3, 0.4) is 0 Å². The van der Waals surface area contributed by atoms with Crippen molar-refractivity contribution >= 4 is 33.2 Å². The third kappa shape index (κ3) is 6.55. The van der Waals surface area contributed by atoms with E-state index in [2.05, 4.69) is 10.6 Å². The van der Waals surface area contributed by atoms with Gasteiger partial charge >= 0.3 is 0 Å². The zero-order valence-electron chi connectivity index (χ0n) is 18.9. The Kier molecular flexibility index (Phi) is 7.49. The third-order valence-electron chi connectivity index (χ3n) is 4.50. The van der Waals surface area contributed by atoms with E-state index < -0.39 is 27.5 Å². The van der Waals surface area contributed by atoms with E-state index in [0.29, 0.717) is 16.9 Å². The van der Waals surface area contributed by atoms with Gasteiger partial charge in [-0.25, -0.2) is 8.42 Å². The summed E-state index contributed by atoms with van der Waals surface area (Å²) in [6.07, 6.45) is 1.33. The Labute approximate surface area is 184 Å². The van der Waals surface area contributed by atoms with Crippen LogP contribution in [-0.4, -0.2) is 38.1 Å². The van der Waals surface area contributed by atoms with Crippen LogP contribution in [0, 0.1) is 6.92 Å². The van der Waals surface area contributed by atoms with E-state index in [1.807, 2.05) is 33.8 Å². The molecule has 0 radical (unpaired) electrons. The number of sulfonamides is 1. The molecular weight excluding hydrogens is 414 g/mol. The van der Waals surface area contributed by atoms with Crippen molar-refractivity contribution in [3.8, 4) is 0 Å². The van der Waals surface area contributed by atoms with E-state index in [1.54, 1.807) is 49.4 Å².